The Kier molecular flexibility index (Phi) is 6.22. The van der Waals surface area contributed by atoms with Gasteiger partial charge in [0.15, 0.2) is 10.9 Å². The number of piperidine rings is 1. The zero-order valence-electron chi connectivity index (χ0n) is 22.7. The maximum atomic E-state index is 16.7. The number of anilines is 2. The normalized spacial score (nSPS) is 27.4. The van der Waals surface area contributed by atoms with Gasteiger partial charge in [0.25, 0.3) is 0 Å². The predicted molar refractivity (Wildman–Crippen MR) is 158 cm³/mol. The predicted octanol–water partition coefficient (Wildman–Crippen LogP) is 5.32. The number of thiazole rings is 1. The van der Waals surface area contributed by atoms with Gasteiger partial charge in [-0.1, -0.05) is 22.9 Å². The van der Waals surface area contributed by atoms with Crippen LogP contribution in [0.4, 0.5) is 24.1 Å². The van der Waals surface area contributed by atoms with Crippen LogP contribution in [0, 0.1) is 11.6 Å². The molecular weight excluding hydrogens is 587 g/mol. The molecule has 0 amide bonds. The SMILES string of the molecule is Nc1nc2c(-c3c(Cl)cc4c(N5CC6CC5CCN6)nc(OC[C@@]56CCCN5C[C@H](F)C6)nc4c3F)ccc(F)c2s1. The molecule has 8 nitrogen and oxygen atoms in total. The minimum absolute atomic E-state index is 0.0461. The summed E-state index contributed by atoms with van der Waals surface area (Å²) in [5, 5.41) is 4.32. The van der Waals surface area contributed by atoms with E-state index in [0.29, 0.717) is 35.8 Å². The molecule has 4 aromatic rings. The number of rotatable bonds is 5. The molecule has 220 valence electrons. The highest BCUT2D eigenvalue weighted by Crippen LogP contribution is 2.44. The van der Waals surface area contributed by atoms with E-state index in [0.717, 1.165) is 56.7 Å². The van der Waals surface area contributed by atoms with Gasteiger partial charge in [0.2, 0.25) is 0 Å². The lowest BCUT2D eigenvalue weighted by Gasteiger charge is -2.31. The first kappa shape index (κ1) is 26.7. The van der Waals surface area contributed by atoms with Gasteiger partial charge in [-0.3, -0.25) is 4.90 Å². The molecule has 4 aliphatic rings. The first-order valence-electron chi connectivity index (χ1n) is 14.4. The summed E-state index contributed by atoms with van der Waals surface area (Å²) in [5.41, 5.74) is 6.18. The van der Waals surface area contributed by atoms with Crippen molar-refractivity contribution in [3.63, 3.8) is 0 Å². The number of hydrogen-bond acceptors (Lipinski definition) is 9. The summed E-state index contributed by atoms with van der Waals surface area (Å²) in [6.45, 7) is 3.08. The van der Waals surface area contributed by atoms with Gasteiger partial charge in [-0.05, 0) is 57.0 Å². The van der Waals surface area contributed by atoms with E-state index >= 15 is 4.39 Å². The monoisotopic (exact) mass is 615 g/mol. The quantitative estimate of drug-likeness (QED) is 0.312. The average Bonchev–Trinajstić information content (AvgIpc) is 3.69. The molecule has 4 fully saturated rings. The van der Waals surface area contributed by atoms with E-state index in [1.807, 2.05) is 0 Å². The van der Waals surface area contributed by atoms with Crippen molar-refractivity contribution in [2.45, 2.75) is 55.9 Å². The van der Waals surface area contributed by atoms with Crippen LogP contribution in [0.3, 0.4) is 0 Å². The molecule has 0 spiro atoms. The number of nitrogens with zero attached hydrogens (tertiary/aromatic N) is 5. The Labute approximate surface area is 249 Å². The Morgan fingerprint density at radius 2 is 2.07 bits per heavy atom. The zero-order chi connectivity index (χ0) is 28.7. The summed E-state index contributed by atoms with van der Waals surface area (Å²) in [7, 11) is 0. The summed E-state index contributed by atoms with van der Waals surface area (Å²) >= 11 is 7.79. The second kappa shape index (κ2) is 9.80. The number of ether oxygens (including phenoxy) is 1. The highest BCUT2D eigenvalue weighted by molar-refractivity contribution is 7.22. The Morgan fingerprint density at radius 3 is 2.93 bits per heavy atom. The lowest BCUT2D eigenvalue weighted by Crippen LogP contribution is -2.43. The number of alkyl halides is 1. The Bertz CT molecular complexity index is 1740. The molecule has 42 heavy (non-hydrogen) atoms. The molecule has 0 radical (unpaired) electrons. The minimum Gasteiger partial charge on any atom is -0.461 e. The summed E-state index contributed by atoms with van der Waals surface area (Å²) in [6, 6.07) is 5.00. The molecular formula is C29H29ClF3N7OS. The second-order valence-corrected chi connectivity index (χ2v) is 13.4. The first-order chi connectivity index (χ1) is 20.3. The van der Waals surface area contributed by atoms with Gasteiger partial charge in [-0.2, -0.15) is 9.97 Å². The molecule has 0 aliphatic carbocycles. The van der Waals surface area contributed by atoms with Crippen LogP contribution >= 0.6 is 22.9 Å². The Balaban J connectivity index is 1.28. The van der Waals surface area contributed by atoms with Gasteiger partial charge in [0.1, 0.15) is 29.9 Å². The van der Waals surface area contributed by atoms with Crippen molar-refractivity contribution in [3.8, 4) is 17.1 Å². The number of hydrogen-bond donors (Lipinski definition) is 2. The second-order valence-electron chi connectivity index (χ2n) is 11.9. The van der Waals surface area contributed by atoms with E-state index in [1.54, 1.807) is 6.07 Å². The number of aromatic nitrogens is 3. The van der Waals surface area contributed by atoms with Crippen molar-refractivity contribution in [2.24, 2.45) is 0 Å². The molecule has 8 rings (SSSR count). The average molecular weight is 616 g/mol. The van der Waals surface area contributed by atoms with Crippen LogP contribution in [0.25, 0.3) is 32.2 Å². The van der Waals surface area contributed by atoms with Crippen LogP contribution in [0.1, 0.15) is 32.1 Å². The van der Waals surface area contributed by atoms with Crippen LogP contribution in [0.2, 0.25) is 5.02 Å². The van der Waals surface area contributed by atoms with Gasteiger partial charge < -0.3 is 20.7 Å². The van der Waals surface area contributed by atoms with E-state index in [1.165, 1.54) is 12.1 Å². The number of fused-ring (bicyclic) bond motifs is 5. The van der Waals surface area contributed by atoms with Crippen LogP contribution in [0.5, 0.6) is 6.01 Å². The van der Waals surface area contributed by atoms with Crippen molar-refractivity contribution >= 4 is 55.0 Å². The smallest absolute Gasteiger partial charge is 0.319 e. The molecule has 13 heteroatoms. The lowest BCUT2D eigenvalue weighted by atomic mass is 9.95. The molecule has 4 aliphatic heterocycles. The molecule has 2 aromatic carbocycles. The van der Waals surface area contributed by atoms with Gasteiger partial charge >= 0.3 is 6.01 Å². The minimum atomic E-state index is -0.896. The van der Waals surface area contributed by atoms with E-state index in [-0.39, 0.29) is 50.1 Å². The zero-order valence-corrected chi connectivity index (χ0v) is 24.2. The molecule has 4 atom stereocenters. The molecule has 6 heterocycles. The highest BCUT2D eigenvalue weighted by Gasteiger charge is 2.49. The molecule has 2 aromatic heterocycles. The maximum Gasteiger partial charge on any atom is 0.319 e. The van der Waals surface area contributed by atoms with Crippen molar-refractivity contribution in [1.29, 1.82) is 0 Å². The topological polar surface area (TPSA) is 92.4 Å². The van der Waals surface area contributed by atoms with E-state index in [4.69, 9.17) is 27.1 Å². The van der Waals surface area contributed by atoms with Gasteiger partial charge in [0, 0.05) is 48.1 Å². The van der Waals surface area contributed by atoms with E-state index in [2.05, 4.69) is 25.1 Å². The fourth-order valence-electron chi connectivity index (χ4n) is 7.58. The van der Waals surface area contributed by atoms with Crippen LogP contribution in [-0.4, -0.2) is 76.4 Å². The number of benzene rings is 2. The number of halogens is 4. The summed E-state index contributed by atoms with van der Waals surface area (Å²) in [6.07, 6.45) is 3.22. The molecule has 2 bridgehead atoms. The third-order valence-electron chi connectivity index (χ3n) is 9.45. The molecule has 0 saturated carbocycles. The van der Waals surface area contributed by atoms with Crippen LogP contribution < -0.4 is 20.7 Å². The fraction of sp³-hybridized carbons (Fsp3) is 0.483. The molecule has 3 N–H and O–H groups in total. The standard InChI is InChI=1S/C29H29ClF3N7OS/c30-19-9-18-23(22(33)21(19)17-2-3-20(32)25-24(17)36-27(34)42-25)37-28(38-26(18)40-12-15-8-16(40)4-6-35-15)41-13-29-5-1-7-39(29)11-14(31)10-29/h2-3,9,14-16,35H,1,4-8,10-13H2,(H2,34,36)/t14-,15?,16?,29+/m1/s1. The number of nitrogens with two attached hydrogens (primary N) is 1. The highest BCUT2D eigenvalue weighted by atomic mass is 35.5. The molecule has 4 saturated heterocycles. The first-order valence-corrected chi connectivity index (χ1v) is 15.6. The third kappa shape index (κ3) is 4.13. The van der Waals surface area contributed by atoms with Crippen LogP contribution in [-0.2, 0) is 0 Å². The number of nitrogens with one attached hydrogen (secondary N) is 1. The third-order valence-corrected chi connectivity index (χ3v) is 10.6. The van der Waals surface area contributed by atoms with Gasteiger partial charge in [0.05, 0.1) is 20.8 Å². The van der Waals surface area contributed by atoms with E-state index in [9.17, 15) is 8.78 Å². The summed E-state index contributed by atoms with van der Waals surface area (Å²) in [4.78, 5) is 18.0. The molecule has 2 unspecified atom stereocenters. The number of nitrogen functional groups attached to an aromatic ring is 1. The van der Waals surface area contributed by atoms with E-state index < -0.39 is 23.3 Å². The summed E-state index contributed by atoms with van der Waals surface area (Å²) < 4.78 is 52.2. The lowest BCUT2D eigenvalue weighted by molar-refractivity contribution is 0.107. The van der Waals surface area contributed by atoms with Crippen molar-refractivity contribution < 1.29 is 17.9 Å². The van der Waals surface area contributed by atoms with Crippen LogP contribution in [0.15, 0.2) is 18.2 Å². The Morgan fingerprint density at radius 1 is 1.19 bits per heavy atom. The summed E-state index contributed by atoms with van der Waals surface area (Å²) in [5.74, 6) is -0.593. The maximum absolute atomic E-state index is 16.7. The van der Waals surface area contributed by atoms with Crippen molar-refractivity contribution in [1.82, 2.24) is 25.2 Å². The Hall–Kier alpha value is -2.93. The largest absolute Gasteiger partial charge is 0.461 e. The van der Waals surface area contributed by atoms with Gasteiger partial charge in [-0.15, -0.1) is 0 Å². The van der Waals surface area contributed by atoms with Gasteiger partial charge in [-0.25, -0.2) is 18.2 Å². The van der Waals surface area contributed by atoms with Crippen molar-refractivity contribution in [2.75, 3.05) is 43.4 Å². The fourth-order valence-corrected chi connectivity index (χ4v) is 8.64. The van der Waals surface area contributed by atoms with Crippen molar-refractivity contribution in [3.05, 3.63) is 34.9 Å².